The van der Waals surface area contributed by atoms with Gasteiger partial charge in [0.2, 0.25) is 17.7 Å². The fraction of sp³-hybridized carbons (Fsp3) is 0.192. The average Bonchev–Trinajstić information content (AvgIpc) is 2.80. The largest absolute Gasteiger partial charge is 0.326 e. The van der Waals surface area contributed by atoms with Gasteiger partial charge in [0.15, 0.2) is 0 Å². The third kappa shape index (κ3) is 7.29. The molecule has 0 aliphatic heterocycles. The first-order chi connectivity index (χ1) is 15.9. The van der Waals surface area contributed by atoms with Gasteiger partial charge in [-0.2, -0.15) is 0 Å². The SMILES string of the molecule is CCN(CC(=O)Nc1ccc(NC(C)=O)cc1)CC(=O)Nc1ccccc1-c1ccccc1. The van der Waals surface area contributed by atoms with Crippen molar-refractivity contribution in [3.05, 3.63) is 78.9 Å². The van der Waals surface area contributed by atoms with Crippen molar-refractivity contribution in [2.75, 3.05) is 35.6 Å². The number of rotatable bonds is 9. The highest BCUT2D eigenvalue weighted by Gasteiger charge is 2.15. The van der Waals surface area contributed by atoms with Crippen LogP contribution in [-0.4, -0.2) is 42.3 Å². The smallest absolute Gasteiger partial charge is 0.238 e. The van der Waals surface area contributed by atoms with Gasteiger partial charge in [0.1, 0.15) is 0 Å². The maximum atomic E-state index is 12.7. The van der Waals surface area contributed by atoms with Crippen LogP contribution < -0.4 is 16.0 Å². The van der Waals surface area contributed by atoms with E-state index in [0.29, 0.717) is 17.9 Å². The van der Waals surface area contributed by atoms with Gasteiger partial charge in [-0.15, -0.1) is 0 Å². The van der Waals surface area contributed by atoms with E-state index in [9.17, 15) is 14.4 Å². The second-order valence-electron chi connectivity index (χ2n) is 7.57. The summed E-state index contributed by atoms with van der Waals surface area (Å²) in [6.07, 6.45) is 0. The Labute approximate surface area is 193 Å². The van der Waals surface area contributed by atoms with E-state index in [-0.39, 0.29) is 30.8 Å². The fourth-order valence-electron chi connectivity index (χ4n) is 3.38. The Kier molecular flexibility index (Phi) is 8.32. The van der Waals surface area contributed by atoms with Gasteiger partial charge in [-0.05, 0) is 42.4 Å². The van der Waals surface area contributed by atoms with Gasteiger partial charge in [-0.1, -0.05) is 55.5 Å². The number of amides is 3. The van der Waals surface area contributed by atoms with Crippen molar-refractivity contribution < 1.29 is 14.4 Å². The maximum absolute atomic E-state index is 12.7. The Morgan fingerprint density at radius 3 is 1.85 bits per heavy atom. The molecule has 0 fully saturated rings. The number of nitrogens with one attached hydrogen (secondary N) is 3. The Balaban J connectivity index is 1.56. The molecule has 170 valence electrons. The van der Waals surface area contributed by atoms with Crippen molar-refractivity contribution >= 4 is 34.8 Å². The number of carbonyl (C=O) groups is 3. The second-order valence-corrected chi connectivity index (χ2v) is 7.57. The van der Waals surface area contributed by atoms with Gasteiger partial charge in [0.25, 0.3) is 0 Å². The molecule has 3 N–H and O–H groups in total. The molecule has 33 heavy (non-hydrogen) atoms. The molecule has 0 saturated heterocycles. The first-order valence-corrected chi connectivity index (χ1v) is 10.8. The van der Waals surface area contributed by atoms with Crippen molar-refractivity contribution in [2.24, 2.45) is 0 Å². The minimum Gasteiger partial charge on any atom is -0.326 e. The van der Waals surface area contributed by atoms with Crippen molar-refractivity contribution in [3.63, 3.8) is 0 Å². The number of benzene rings is 3. The van der Waals surface area contributed by atoms with E-state index in [0.717, 1.165) is 16.8 Å². The van der Waals surface area contributed by atoms with Crippen molar-refractivity contribution in [1.29, 1.82) is 0 Å². The Morgan fingerprint density at radius 2 is 1.24 bits per heavy atom. The zero-order valence-corrected chi connectivity index (χ0v) is 18.8. The van der Waals surface area contributed by atoms with Crippen LogP contribution >= 0.6 is 0 Å². The summed E-state index contributed by atoms with van der Waals surface area (Å²) in [6, 6.07) is 24.4. The summed E-state index contributed by atoms with van der Waals surface area (Å²) in [5.74, 6) is -0.565. The topological polar surface area (TPSA) is 90.5 Å². The zero-order valence-electron chi connectivity index (χ0n) is 18.8. The molecule has 3 rings (SSSR count). The van der Waals surface area contributed by atoms with Crippen LogP contribution in [0.1, 0.15) is 13.8 Å². The fourth-order valence-corrected chi connectivity index (χ4v) is 3.38. The van der Waals surface area contributed by atoms with Crippen molar-refractivity contribution in [2.45, 2.75) is 13.8 Å². The van der Waals surface area contributed by atoms with E-state index in [1.807, 2.05) is 61.5 Å². The van der Waals surface area contributed by atoms with Crippen molar-refractivity contribution in [3.8, 4) is 11.1 Å². The van der Waals surface area contributed by atoms with Crippen LogP contribution in [0.2, 0.25) is 0 Å². The molecule has 3 aromatic carbocycles. The summed E-state index contributed by atoms with van der Waals surface area (Å²) < 4.78 is 0. The van der Waals surface area contributed by atoms with Gasteiger partial charge in [0, 0.05) is 29.5 Å². The molecule has 0 bridgehead atoms. The summed E-state index contributed by atoms with van der Waals surface area (Å²) >= 11 is 0. The minimum atomic E-state index is -0.221. The number of hydrogen-bond acceptors (Lipinski definition) is 4. The van der Waals surface area contributed by atoms with Crippen LogP contribution in [0.15, 0.2) is 78.9 Å². The molecule has 0 heterocycles. The van der Waals surface area contributed by atoms with Gasteiger partial charge < -0.3 is 16.0 Å². The van der Waals surface area contributed by atoms with E-state index >= 15 is 0 Å². The molecule has 0 atom stereocenters. The third-order valence-electron chi connectivity index (χ3n) is 4.96. The molecule has 3 amide bonds. The Bertz CT molecular complexity index is 1100. The highest BCUT2D eigenvalue weighted by molar-refractivity contribution is 5.97. The number of likely N-dealkylation sites (N-methyl/N-ethyl adjacent to an activating group) is 1. The number of carbonyl (C=O) groups excluding carboxylic acids is 3. The second kappa shape index (κ2) is 11.6. The maximum Gasteiger partial charge on any atom is 0.238 e. The predicted octanol–water partition coefficient (Wildman–Crippen LogP) is 4.21. The molecule has 0 saturated carbocycles. The monoisotopic (exact) mass is 444 g/mol. The lowest BCUT2D eigenvalue weighted by Crippen LogP contribution is -2.38. The quantitative estimate of drug-likeness (QED) is 0.461. The van der Waals surface area contributed by atoms with Gasteiger partial charge in [0.05, 0.1) is 13.1 Å². The number of hydrogen-bond donors (Lipinski definition) is 3. The molecule has 7 nitrogen and oxygen atoms in total. The van der Waals surface area contributed by atoms with E-state index in [4.69, 9.17) is 0 Å². The number of anilines is 3. The Morgan fingerprint density at radius 1 is 0.697 bits per heavy atom. The molecule has 3 aromatic rings. The molecular weight excluding hydrogens is 416 g/mol. The molecule has 7 heteroatoms. The standard InChI is InChI=1S/C26H28N4O3/c1-3-30(17-25(32)28-22-15-13-21(14-16-22)27-19(2)31)18-26(33)29-24-12-8-7-11-23(24)20-9-5-4-6-10-20/h4-16H,3,17-18H2,1-2H3,(H,27,31)(H,28,32)(H,29,33). The van der Waals surface area contributed by atoms with E-state index in [2.05, 4.69) is 16.0 Å². The molecular formula is C26H28N4O3. The third-order valence-corrected chi connectivity index (χ3v) is 4.96. The Hall–Kier alpha value is -3.97. The van der Waals surface area contributed by atoms with Crippen LogP contribution in [0.3, 0.4) is 0 Å². The summed E-state index contributed by atoms with van der Waals surface area (Å²) in [5, 5.41) is 8.47. The van der Waals surface area contributed by atoms with Crippen LogP contribution in [-0.2, 0) is 14.4 Å². The summed E-state index contributed by atoms with van der Waals surface area (Å²) in [7, 11) is 0. The zero-order chi connectivity index (χ0) is 23.6. The van der Waals surface area contributed by atoms with Crippen LogP contribution in [0, 0.1) is 0 Å². The summed E-state index contributed by atoms with van der Waals surface area (Å²) in [6.45, 7) is 4.06. The van der Waals surface area contributed by atoms with E-state index in [1.165, 1.54) is 6.92 Å². The highest BCUT2D eigenvalue weighted by Crippen LogP contribution is 2.27. The molecule has 0 spiro atoms. The lowest BCUT2D eigenvalue weighted by molar-refractivity contribution is -0.120. The van der Waals surface area contributed by atoms with E-state index < -0.39 is 0 Å². The minimum absolute atomic E-state index is 0.0811. The molecule has 0 radical (unpaired) electrons. The van der Waals surface area contributed by atoms with E-state index in [1.54, 1.807) is 29.2 Å². The molecule has 0 aliphatic carbocycles. The molecule has 0 unspecified atom stereocenters. The first kappa shape index (κ1) is 23.7. The van der Waals surface area contributed by atoms with Gasteiger partial charge in [-0.3, -0.25) is 19.3 Å². The average molecular weight is 445 g/mol. The number of nitrogens with zero attached hydrogens (tertiary/aromatic N) is 1. The van der Waals surface area contributed by atoms with Crippen LogP contribution in [0.5, 0.6) is 0 Å². The lowest BCUT2D eigenvalue weighted by Gasteiger charge is -2.20. The first-order valence-electron chi connectivity index (χ1n) is 10.8. The summed E-state index contributed by atoms with van der Waals surface area (Å²) in [5.41, 5.74) is 3.96. The molecule has 0 aliphatic rings. The normalized spacial score (nSPS) is 10.5. The molecule has 0 aromatic heterocycles. The lowest BCUT2D eigenvalue weighted by atomic mass is 10.0. The predicted molar refractivity (Wildman–Crippen MR) is 132 cm³/mol. The summed E-state index contributed by atoms with van der Waals surface area (Å²) in [4.78, 5) is 38.1. The van der Waals surface area contributed by atoms with Gasteiger partial charge in [-0.25, -0.2) is 0 Å². The highest BCUT2D eigenvalue weighted by atomic mass is 16.2. The number of para-hydroxylation sites is 1. The van der Waals surface area contributed by atoms with Crippen molar-refractivity contribution in [1.82, 2.24) is 4.90 Å². The van der Waals surface area contributed by atoms with Crippen LogP contribution in [0.25, 0.3) is 11.1 Å². The van der Waals surface area contributed by atoms with Gasteiger partial charge >= 0.3 is 0 Å². The van der Waals surface area contributed by atoms with Crippen LogP contribution in [0.4, 0.5) is 17.1 Å².